The predicted octanol–water partition coefficient (Wildman–Crippen LogP) is 0.412. The molecular formula is C13H23N5O. The summed E-state index contributed by atoms with van der Waals surface area (Å²) in [4.78, 5) is 9.49. The molecule has 3 saturated heterocycles. The number of nitrogens with zero attached hydrogens (tertiary/aromatic N) is 4. The Morgan fingerprint density at radius 3 is 2.63 bits per heavy atom. The van der Waals surface area contributed by atoms with Gasteiger partial charge in [0, 0.05) is 44.7 Å². The maximum atomic E-state index is 5.98. The molecule has 0 aromatic carbocycles. The highest BCUT2D eigenvalue weighted by molar-refractivity contribution is 5.01. The molecule has 0 radical (unpaired) electrons. The van der Waals surface area contributed by atoms with Crippen LogP contribution in [0.5, 0.6) is 0 Å². The summed E-state index contributed by atoms with van der Waals surface area (Å²) in [6.45, 7) is 9.63. The van der Waals surface area contributed by atoms with Gasteiger partial charge in [-0.15, -0.1) is 0 Å². The lowest BCUT2D eigenvalue weighted by Crippen LogP contribution is -2.57. The second kappa shape index (κ2) is 4.85. The third kappa shape index (κ3) is 2.96. The van der Waals surface area contributed by atoms with Gasteiger partial charge < -0.3 is 10.3 Å². The van der Waals surface area contributed by atoms with Crippen molar-refractivity contribution in [3.8, 4) is 0 Å². The Morgan fingerprint density at radius 2 is 2.05 bits per heavy atom. The molecule has 0 amide bonds. The monoisotopic (exact) mass is 265 g/mol. The molecule has 2 N–H and O–H groups in total. The van der Waals surface area contributed by atoms with E-state index in [0.29, 0.717) is 11.9 Å². The quantitative estimate of drug-likeness (QED) is 0.850. The van der Waals surface area contributed by atoms with Crippen molar-refractivity contribution in [1.82, 2.24) is 19.9 Å². The van der Waals surface area contributed by atoms with E-state index in [4.69, 9.17) is 10.3 Å². The van der Waals surface area contributed by atoms with Crippen molar-refractivity contribution in [2.75, 3.05) is 32.7 Å². The number of aryl methyl sites for hydroxylation is 1. The van der Waals surface area contributed by atoms with Crippen molar-refractivity contribution in [3.63, 3.8) is 0 Å². The zero-order chi connectivity index (χ0) is 13.5. The second-order valence-electron chi connectivity index (χ2n) is 6.39. The molecule has 19 heavy (non-hydrogen) atoms. The minimum absolute atomic E-state index is 0.187. The fourth-order valence-electron chi connectivity index (χ4n) is 2.80. The Balaban J connectivity index is 1.65. The van der Waals surface area contributed by atoms with Gasteiger partial charge >= 0.3 is 0 Å². The van der Waals surface area contributed by atoms with Gasteiger partial charge in [-0.2, -0.15) is 4.98 Å². The van der Waals surface area contributed by atoms with Gasteiger partial charge in [-0.05, 0) is 20.3 Å². The Labute approximate surface area is 113 Å². The molecule has 3 fully saturated rings. The summed E-state index contributed by atoms with van der Waals surface area (Å²) in [5, 5.41) is 4.16. The zero-order valence-corrected chi connectivity index (χ0v) is 11.8. The Hall–Kier alpha value is -0.980. The van der Waals surface area contributed by atoms with Crippen LogP contribution in [-0.4, -0.2) is 58.2 Å². The molecule has 4 heterocycles. The second-order valence-corrected chi connectivity index (χ2v) is 6.39. The molecule has 1 atom stereocenters. The number of rotatable bonds is 4. The number of nitrogens with two attached hydrogens (primary N) is 1. The van der Waals surface area contributed by atoms with Crippen molar-refractivity contribution >= 4 is 0 Å². The lowest BCUT2D eigenvalue weighted by molar-refractivity contribution is 0.00781. The summed E-state index contributed by atoms with van der Waals surface area (Å²) in [5.74, 6) is 1.56. The van der Waals surface area contributed by atoms with Gasteiger partial charge in [0.25, 0.3) is 0 Å². The van der Waals surface area contributed by atoms with E-state index >= 15 is 0 Å². The predicted molar refractivity (Wildman–Crippen MR) is 71.6 cm³/mol. The zero-order valence-electron chi connectivity index (χ0n) is 11.8. The highest BCUT2D eigenvalue weighted by atomic mass is 16.5. The molecule has 3 aliphatic heterocycles. The van der Waals surface area contributed by atoms with Crippen LogP contribution in [0.2, 0.25) is 0 Å². The highest BCUT2D eigenvalue weighted by Gasteiger charge is 2.35. The van der Waals surface area contributed by atoms with Crippen LogP contribution in [0.4, 0.5) is 0 Å². The van der Waals surface area contributed by atoms with E-state index in [0.717, 1.165) is 38.3 Å². The summed E-state index contributed by atoms with van der Waals surface area (Å²) in [7, 11) is 0. The molecule has 4 rings (SSSR count). The van der Waals surface area contributed by atoms with E-state index in [1.165, 1.54) is 13.1 Å². The van der Waals surface area contributed by atoms with Crippen molar-refractivity contribution in [2.45, 2.75) is 38.3 Å². The summed E-state index contributed by atoms with van der Waals surface area (Å²) < 4.78 is 5.36. The number of aromatic nitrogens is 2. The molecule has 0 spiro atoms. The van der Waals surface area contributed by atoms with E-state index in [-0.39, 0.29) is 5.54 Å². The van der Waals surface area contributed by atoms with E-state index in [1.807, 2.05) is 13.8 Å². The molecule has 1 unspecified atom stereocenters. The Kier molecular flexibility index (Phi) is 3.32. The molecule has 2 bridgehead atoms. The first-order chi connectivity index (χ1) is 9.01. The molecule has 0 aliphatic carbocycles. The van der Waals surface area contributed by atoms with Crippen LogP contribution < -0.4 is 5.73 Å². The lowest BCUT2D eigenvalue weighted by Gasteiger charge is -2.46. The van der Waals surface area contributed by atoms with E-state index in [1.54, 1.807) is 0 Å². The van der Waals surface area contributed by atoms with Crippen molar-refractivity contribution in [3.05, 3.63) is 11.7 Å². The van der Waals surface area contributed by atoms with E-state index < -0.39 is 0 Å². The maximum Gasteiger partial charge on any atom is 0.226 e. The highest BCUT2D eigenvalue weighted by Crippen LogP contribution is 2.27. The van der Waals surface area contributed by atoms with E-state index in [9.17, 15) is 0 Å². The minimum atomic E-state index is -0.187. The third-order valence-electron chi connectivity index (χ3n) is 4.04. The number of piperazine rings is 3. The van der Waals surface area contributed by atoms with Gasteiger partial charge in [-0.1, -0.05) is 5.16 Å². The lowest BCUT2D eigenvalue weighted by atomic mass is 10.0. The SMILES string of the molecule is CC(C)(N)CCc1nc(C2CN3CCN2CC3)no1. The average molecular weight is 265 g/mol. The van der Waals surface area contributed by atoms with Gasteiger partial charge in [-0.25, -0.2) is 0 Å². The average Bonchev–Trinajstić information content (AvgIpc) is 2.86. The topological polar surface area (TPSA) is 71.4 Å². The molecule has 106 valence electrons. The Morgan fingerprint density at radius 1 is 1.32 bits per heavy atom. The first-order valence-electron chi connectivity index (χ1n) is 7.09. The van der Waals surface area contributed by atoms with Gasteiger partial charge in [0.05, 0.1) is 6.04 Å². The molecule has 1 aromatic rings. The van der Waals surface area contributed by atoms with Gasteiger partial charge in [-0.3, -0.25) is 9.80 Å². The van der Waals surface area contributed by atoms with Crippen LogP contribution in [0.15, 0.2) is 4.52 Å². The first kappa shape index (κ1) is 13.0. The van der Waals surface area contributed by atoms with Crippen LogP contribution in [-0.2, 0) is 6.42 Å². The fraction of sp³-hybridized carbons (Fsp3) is 0.846. The largest absolute Gasteiger partial charge is 0.339 e. The van der Waals surface area contributed by atoms with Crippen LogP contribution in [0, 0.1) is 0 Å². The molecule has 6 nitrogen and oxygen atoms in total. The van der Waals surface area contributed by atoms with Crippen LogP contribution >= 0.6 is 0 Å². The summed E-state index contributed by atoms with van der Waals surface area (Å²) in [6.07, 6.45) is 1.61. The first-order valence-corrected chi connectivity index (χ1v) is 7.09. The smallest absolute Gasteiger partial charge is 0.226 e. The minimum Gasteiger partial charge on any atom is -0.339 e. The standard InChI is InChI=1S/C13H23N5O/c1-13(2,14)4-3-11-15-12(16-19-11)10-9-17-5-7-18(10)8-6-17/h10H,3-9,14H2,1-2H3. The van der Waals surface area contributed by atoms with Crippen LogP contribution in [0.25, 0.3) is 0 Å². The molecule has 0 saturated carbocycles. The van der Waals surface area contributed by atoms with Crippen molar-refractivity contribution in [2.24, 2.45) is 5.73 Å². The summed E-state index contributed by atoms with van der Waals surface area (Å²) in [6, 6.07) is 0.311. The molecule has 3 aliphatic rings. The Bertz CT molecular complexity index is 430. The number of hydrogen-bond acceptors (Lipinski definition) is 6. The van der Waals surface area contributed by atoms with Gasteiger partial charge in [0.1, 0.15) is 0 Å². The third-order valence-corrected chi connectivity index (χ3v) is 4.04. The summed E-state index contributed by atoms with van der Waals surface area (Å²) in [5.41, 5.74) is 5.79. The normalized spacial score (nSPS) is 30.8. The van der Waals surface area contributed by atoms with Crippen molar-refractivity contribution < 1.29 is 4.52 Å². The summed E-state index contributed by atoms with van der Waals surface area (Å²) >= 11 is 0. The van der Waals surface area contributed by atoms with Gasteiger partial charge in [0.2, 0.25) is 5.89 Å². The van der Waals surface area contributed by atoms with Gasteiger partial charge in [0.15, 0.2) is 5.82 Å². The number of hydrogen-bond donors (Lipinski definition) is 1. The molecular weight excluding hydrogens is 242 g/mol. The van der Waals surface area contributed by atoms with Crippen LogP contribution in [0.3, 0.4) is 0 Å². The van der Waals surface area contributed by atoms with Crippen LogP contribution in [0.1, 0.15) is 38.0 Å². The molecule has 6 heteroatoms. The maximum absolute atomic E-state index is 5.98. The van der Waals surface area contributed by atoms with Crippen molar-refractivity contribution in [1.29, 1.82) is 0 Å². The fourth-order valence-corrected chi connectivity index (χ4v) is 2.80. The molecule has 1 aromatic heterocycles. The van der Waals surface area contributed by atoms with E-state index in [2.05, 4.69) is 19.9 Å². The number of fused-ring (bicyclic) bond motifs is 3.